The summed E-state index contributed by atoms with van der Waals surface area (Å²) in [7, 11) is 4.21. The molecule has 10 heteroatoms. The average molecular weight is 529 g/mol. The van der Waals surface area contributed by atoms with Crippen molar-refractivity contribution in [2.75, 3.05) is 38.2 Å². The first-order valence-corrected chi connectivity index (χ1v) is 13.6. The minimum absolute atomic E-state index is 0.0432. The minimum atomic E-state index is -0.899. The van der Waals surface area contributed by atoms with Gasteiger partial charge in [0.1, 0.15) is 17.6 Å². The molecule has 4 rings (SSSR count). The first kappa shape index (κ1) is 26.1. The molecule has 0 aromatic heterocycles. The van der Waals surface area contributed by atoms with Crippen LogP contribution in [-0.2, 0) is 29.7 Å². The highest BCUT2D eigenvalue weighted by atomic mass is 32.2. The summed E-state index contributed by atoms with van der Waals surface area (Å²) in [5.74, 6) is 0.276. The van der Waals surface area contributed by atoms with E-state index in [0.717, 1.165) is 5.56 Å². The predicted molar refractivity (Wildman–Crippen MR) is 141 cm³/mol. The molecule has 2 aromatic rings. The molecule has 0 bridgehead atoms. The number of methoxy groups -OCH3 is 2. The van der Waals surface area contributed by atoms with E-state index in [1.165, 1.54) is 30.9 Å². The molecule has 190 valence electrons. The van der Waals surface area contributed by atoms with Gasteiger partial charge in [-0.3, -0.25) is 9.59 Å². The van der Waals surface area contributed by atoms with Crippen molar-refractivity contribution >= 4 is 52.7 Å². The Morgan fingerprint density at radius 1 is 1.08 bits per heavy atom. The molecule has 3 unspecified atom stereocenters. The van der Waals surface area contributed by atoms with Crippen LogP contribution in [0.15, 0.2) is 53.7 Å². The molecule has 1 aliphatic heterocycles. The fraction of sp³-hybridized carbons (Fsp3) is 0.385. The van der Waals surface area contributed by atoms with E-state index in [9.17, 15) is 14.4 Å². The van der Waals surface area contributed by atoms with Crippen LogP contribution in [0.5, 0.6) is 5.75 Å². The number of carbonyl (C=O) groups excluding carboxylic acids is 3. The maximum absolute atomic E-state index is 13.9. The summed E-state index contributed by atoms with van der Waals surface area (Å²) >= 11 is 3.08. The highest BCUT2D eigenvalue weighted by Crippen LogP contribution is 2.74. The number of nitrogens with zero attached hydrogens (tertiary/aromatic N) is 2. The summed E-state index contributed by atoms with van der Waals surface area (Å²) in [5, 5.41) is 3.87. The molecular formula is C26H28N2O6S2. The van der Waals surface area contributed by atoms with E-state index in [4.69, 9.17) is 14.3 Å². The summed E-state index contributed by atoms with van der Waals surface area (Å²) in [6.45, 7) is 2.01. The lowest BCUT2D eigenvalue weighted by Crippen LogP contribution is -2.42. The van der Waals surface area contributed by atoms with E-state index >= 15 is 0 Å². The van der Waals surface area contributed by atoms with Gasteiger partial charge in [-0.05, 0) is 36.1 Å². The van der Waals surface area contributed by atoms with Crippen LogP contribution in [0.1, 0.15) is 18.1 Å². The molecule has 2 amide bonds. The van der Waals surface area contributed by atoms with Gasteiger partial charge in [0.15, 0.2) is 5.71 Å². The normalized spacial score (nSPS) is 25.0. The quantitative estimate of drug-likeness (QED) is 0.199. The van der Waals surface area contributed by atoms with Gasteiger partial charge in [-0.15, -0.1) is 11.8 Å². The summed E-state index contributed by atoms with van der Waals surface area (Å²) in [6, 6.07) is 14.2. The third-order valence-electron chi connectivity index (χ3n) is 6.86. The molecule has 0 radical (unpaired) electrons. The lowest BCUT2D eigenvalue weighted by molar-refractivity contribution is -0.133. The van der Waals surface area contributed by atoms with E-state index in [1.54, 1.807) is 55.3 Å². The van der Waals surface area contributed by atoms with Crippen molar-refractivity contribution in [2.24, 2.45) is 16.5 Å². The Labute approximate surface area is 218 Å². The number of amides is 2. The highest BCUT2D eigenvalue weighted by Gasteiger charge is 2.86. The van der Waals surface area contributed by atoms with Crippen molar-refractivity contribution in [2.45, 2.75) is 17.4 Å². The number of esters is 1. The van der Waals surface area contributed by atoms with Gasteiger partial charge in [-0.1, -0.05) is 36.3 Å². The standard InChI is InChI=1S/C26H28N2O6S2/c1-25(15-35-5)21-22(29)28(17-10-12-18(32-2)13-11-17)24(31)26(21,25)36-14-16-8-6-7-9-19(16)20(27-34-4)23(30)33-3/h6-13,21H,14-15H2,1-5H3. The molecule has 1 aliphatic carbocycles. The van der Waals surface area contributed by atoms with Gasteiger partial charge in [0, 0.05) is 22.5 Å². The van der Waals surface area contributed by atoms with Crippen LogP contribution in [-0.4, -0.2) is 61.6 Å². The third-order valence-corrected chi connectivity index (χ3v) is 9.54. The Morgan fingerprint density at radius 3 is 2.39 bits per heavy atom. The lowest BCUT2D eigenvalue weighted by Gasteiger charge is -2.27. The van der Waals surface area contributed by atoms with Gasteiger partial charge in [-0.25, -0.2) is 9.69 Å². The molecule has 0 N–H and O–H groups in total. The molecule has 2 aromatic carbocycles. The van der Waals surface area contributed by atoms with Crippen molar-refractivity contribution < 1.29 is 28.7 Å². The number of thioether (sulfide) groups is 2. The minimum Gasteiger partial charge on any atom is -0.497 e. The largest absolute Gasteiger partial charge is 0.497 e. The molecule has 36 heavy (non-hydrogen) atoms. The second kappa shape index (κ2) is 10.2. The van der Waals surface area contributed by atoms with Crippen LogP contribution in [0.3, 0.4) is 0 Å². The van der Waals surface area contributed by atoms with Crippen LogP contribution in [0, 0.1) is 11.3 Å². The van der Waals surface area contributed by atoms with Gasteiger partial charge < -0.3 is 14.3 Å². The lowest BCUT2D eigenvalue weighted by atomic mass is 10.0. The van der Waals surface area contributed by atoms with Gasteiger partial charge in [0.2, 0.25) is 5.91 Å². The number of rotatable bonds is 10. The maximum atomic E-state index is 13.9. The van der Waals surface area contributed by atoms with Gasteiger partial charge in [0.25, 0.3) is 5.91 Å². The van der Waals surface area contributed by atoms with E-state index in [0.29, 0.717) is 28.5 Å². The van der Waals surface area contributed by atoms with Crippen LogP contribution in [0.25, 0.3) is 0 Å². The fourth-order valence-corrected chi connectivity index (χ4v) is 8.01. The zero-order valence-corrected chi connectivity index (χ0v) is 22.4. The Kier molecular flexibility index (Phi) is 7.38. The second-order valence-corrected chi connectivity index (χ2v) is 10.8. The Bertz CT molecular complexity index is 1220. The molecular weight excluding hydrogens is 500 g/mol. The summed E-state index contributed by atoms with van der Waals surface area (Å²) in [6.07, 6.45) is 1.98. The predicted octanol–water partition coefficient (Wildman–Crippen LogP) is 3.76. The second-order valence-electron chi connectivity index (χ2n) is 8.76. The molecule has 0 spiro atoms. The first-order chi connectivity index (χ1) is 17.3. The summed E-state index contributed by atoms with van der Waals surface area (Å²) < 4.78 is 9.20. The SMILES string of the molecule is CON=C(C(=O)OC)c1ccccc1CSC12C(=O)N(c3ccc(OC)cc3)C(=O)C1C2(C)CSC. The number of fused-ring (bicyclic) bond motifs is 1. The molecule has 2 aliphatic rings. The molecule has 3 atom stereocenters. The molecule has 1 saturated heterocycles. The first-order valence-electron chi connectivity index (χ1n) is 11.2. The number of benzene rings is 2. The smallest absolute Gasteiger partial charge is 0.360 e. The monoisotopic (exact) mass is 528 g/mol. The summed E-state index contributed by atoms with van der Waals surface area (Å²) in [5.41, 5.74) is 1.45. The van der Waals surface area contributed by atoms with Crippen molar-refractivity contribution in [1.29, 1.82) is 0 Å². The van der Waals surface area contributed by atoms with Gasteiger partial charge >= 0.3 is 5.97 Å². The topological polar surface area (TPSA) is 94.5 Å². The zero-order chi connectivity index (χ0) is 26.1. The van der Waals surface area contributed by atoms with Crippen LogP contribution < -0.4 is 9.64 Å². The Balaban J connectivity index is 1.68. The number of anilines is 1. The number of carbonyl (C=O) groups is 3. The fourth-order valence-electron chi connectivity index (χ4n) is 5.08. The van der Waals surface area contributed by atoms with E-state index < -0.39 is 22.0 Å². The van der Waals surface area contributed by atoms with Crippen molar-refractivity contribution in [3.63, 3.8) is 0 Å². The molecule has 8 nitrogen and oxygen atoms in total. The van der Waals surface area contributed by atoms with Crippen LogP contribution in [0.4, 0.5) is 5.69 Å². The summed E-state index contributed by atoms with van der Waals surface area (Å²) in [4.78, 5) is 46.1. The highest BCUT2D eigenvalue weighted by molar-refractivity contribution is 8.01. The van der Waals surface area contributed by atoms with E-state index in [1.807, 2.05) is 25.3 Å². The van der Waals surface area contributed by atoms with Crippen LogP contribution in [0.2, 0.25) is 0 Å². The average Bonchev–Trinajstić information content (AvgIpc) is 3.34. The molecule has 1 heterocycles. The molecule has 1 saturated carbocycles. The number of imide groups is 1. The third kappa shape index (κ3) is 3.96. The maximum Gasteiger partial charge on any atom is 0.360 e. The number of hydrogen-bond donors (Lipinski definition) is 0. The number of hydrogen-bond acceptors (Lipinski definition) is 9. The van der Waals surface area contributed by atoms with Crippen LogP contribution >= 0.6 is 23.5 Å². The van der Waals surface area contributed by atoms with Gasteiger partial charge in [0.05, 0.1) is 25.8 Å². The number of ether oxygens (including phenoxy) is 2. The zero-order valence-electron chi connectivity index (χ0n) is 20.8. The van der Waals surface area contributed by atoms with Crippen molar-refractivity contribution in [3.05, 3.63) is 59.7 Å². The van der Waals surface area contributed by atoms with Crippen molar-refractivity contribution in [1.82, 2.24) is 0 Å². The number of oxime groups is 1. The van der Waals surface area contributed by atoms with E-state index in [-0.39, 0.29) is 17.5 Å². The molecule has 2 fully saturated rings. The Morgan fingerprint density at radius 2 is 1.78 bits per heavy atom. The number of piperidine rings is 1. The Hall–Kier alpha value is -2.98. The van der Waals surface area contributed by atoms with Gasteiger partial charge in [-0.2, -0.15) is 11.8 Å². The van der Waals surface area contributed by atoms with E-state index in [2.05, 4.69) is 5.16 Å². The van der Waals surface area contributed by atoms with Crippen molar-refractivity contribution in [3.8, 4) is 5.75 Å².